The van der Waals surface area contributed by atoms with E-state index in [-0.39, 0.29) is 30.6 Å². The number of aliphatic hydroxyl groups excluding tert-OH is 1. The molecule has 0 aliphatic carbocycles. The van der Waals surface area contributed by atoms with Gasteiger partial charge in [0.1, 0.15) is 0 Å². The lowest BCUT2D eigenvalue weighted by atomic mass is 10.0. The first-order valence-electron chi connectivity index (χ1n) is 13.5. The summed E-state index contributed by atoms with van der Waals surface area (Å²) in [6.45, 7) is 2.12. The van der Waals surface area contributed by atoms with Crippen molar-refractivity contribution in [2.75, 3.05) is 17.6 Å². The minimum Gasteiger partial charge on any atom is -0.392 e. The van der Waals surface area contributed by atoms with Gasteiger partial charge in [0.25, 0.3) is 0 Å². The number of unbranched alkanes of at least 4 members (excludes halogenated alkanes) is 2. The lowest BCUT2D eigenvalue weighted by molar-refractivity contribution is -0.245. The van der Waals surface area contributed by atoms with Crippen molar-refractivity contribution in [2.24, 2.45) is 0 Å². The predicted molar refractivity (Wildman–Crippen MR) is 153 cm³/mol. The molecule has 9 nitrogen and oxygen atoms in total. The number of thioether (sulfide) groups is 1. The number of nitrogens with one attached hydrogen (secondary N) is 2. The second-order valence-electron chi connectivity index (χ2n) is 9.66. The first-order chi connectivity index (χ1) is 19.5. The highest BCUT2D eigenvalue weighted by Gasteiger charge is 2.32. The van der Waals surface area contributed by atoms with Crippen molar-refractivity contribution in [1.29, 1.82) is 0 Å². The predicted octanol–water partition coefficient (Wildman–Crippen LogP) is 4.94. The molecule has 4 rings (SSSR count). The molecule has 2 heterocycles. The van der Waals surface area contributed by atoms with Crippen LogP contribution >= 0.6 is 11.8 Å². The normalized spacial score (nSPS) is 18.7. The molecule has 0 radical (unpaired) electrons. The molecule has 3 aromatic rings. The molecule has 1 saturated heterocycles. The lowest BCUT2D eigenvalue weighted by Crippen LogP contribution is -2.31. The molecule has 1 aliphatic rings. The van der Waals surface area contributed by atoms with Gasteiger partial charge < -0.3 is 25.2 Å². The van der Waals surface area contributed by atoms with Crippen LogP contribution in [0.15, 0.2) is 72.1 Å². The molecule has 2 amide bonds. The van der Waals surface area contributed by atoms with Gasteiger partial charge in [0.05, 0.1) is 18.8 Å². The number of aliphatic hydroxyl groups is 1. The number of rotatable bonds is 13. The van der Waals surface area contributed by atoms with Gasteiger partial charge in [0.2, 0.25) is 11.8 Å². The minimum absolute atomic E-state index is 0.0104. The van der Waals surface area contributed by atoms with Gasteiger partial charge in [-0.3, -0.25) is 9.59 Å². The Morgan fingerprint density at radius 2 is 1.80 bits per heavy atom. The summed E-state index contributed by atoms with van der Waals surface area (Å²) in [4.78, 5) is 32.1. The molecule has 3 atom stereocenters. The van der Waals surface area contributed by atoms with Gasteiger partial charge in [-0.2, -0.15) is 0 Å². The molecular formula is C30H36N4O5S. The first kappa shape index (κ1) is 29.7. The number of ether oxygens (including phenoxy) is 2. The molecule has 0 bridgehead atoms. The van der Waals surface area contributed by atoms with Crippen molar-refractivity contribution in [3.63, 3.8) is 0 Å². The van der Waals surface area contributed by atoms with Gasteiger partial charge in [-0.25, -0.2) is 9.97 Å². The number of amides is 2. The summed E-state index contributed by atoms with van der Waals surface area (Å²) in [5, 5.41) is 15.9. The fourth-order valence-corrected chi connectivity index (χ4v) is 5.21. The van der Waals surface area contributed by atoms with Crippen LogP contribution in [0.4, 0.5) is 5.69 Å². The second kappa shape index (κ2) is 15.5. The third kappa shape index (κ3) is 9.41. The quantitative estimate of drug-likeness (QED) is 0.152. The average molecular weight is 565 g/mol. The van der Waals surface area contributed by atoms with Crippen LogP contribution in [0, 0.1) is 0 Å². The highest BCUT2D eigenvalue weighted by molar-refractivity contribution is 7.99. The Morgan fingerprint density at radius 3 is 2.55 bits per heavy atom. The maximum Gasteiger partial charge on any atom is 0.224 e. The van der Waals surface area contributed by atoms with E-state index in [0.29, 0.717) is 36.0 Å². The van der Waals surface area contributed by atoms with Crippen molar-refractivity contribution in [2.45, 2.75) is 69.3 Å². The van der Waals surface area contributed by atoms with Gasteiger partial charge in [-0.1, -0.05) is 54.6 Å². The summed E-state index contributed by atoms with van der Waals surface area (Å²) in [6, 6.07) is 17.1. The molecular weight excluding hydrogens is 528 g/mol. The maximum absolute atomic E-state index is 12.5. The van der Waals surface area contributed by atoms with Crippen LogP contribution in [0.3, 0.4) is 0 Å². The Kier molecular flexibility index (Phi) is 11.5. The van der Waals surface area contributed by atoms with Crippen LogP contribution in [-0.2, 0) is 25.7 Å². The number of carbonyl (C=O) groups is 2. The van der Waals surface area contributed by atoms with Gasteiger partial charge in [-0.15, -0.1) is 0 Å². The zero-order valence-electron chi connectivity index (χ0n) is 22.6. The van der Waals surface area contributed by atoms with Crippen LogP contribution < -0.4 is 10.6 Å². The van der Waals surface area contributed by atoms with E-state index in [4.69, 9.17) is 9.47 Å². The Morgan fingerprint density at radius 1 is 1.00 bits per heavy atom. The molecule has 0 unspecified atom stereocenters. The van der Waals surface area contributed by atoms with E-state index in [1.165, 1.54) is 18.7 Å². The second-order valence-corrected chi connectivity index (χ2v) is 10.6. The zero-order valence-corrected chi connectivity index (χ0v) is 23.4. The number of benzene rings is 2. The van der Waals surface area contributed by atoms with Crippen molar-refractivity contribution >= 4 is 29.3 Å². The van der Waals surface area contributed by atoms with E-state index in [9.17, 15) is 14.7 Å². The zero-order chi connectivity index (χ0) is 28.2. The maximum atomic E-state index is 12.5. The van der Waals surface area contributed by atoms with E-state index in [2.05, 4.69) is 20.6 Å². The van der Waals surface area contributed by atoms with E-state index < -0.39 is 6.29 Å². The SMILES string of the molecule is CC(=O)NCCCCCC(=O)Nc1cccc([C@H]2O[C@@H](CSc3ncccn3)C[C@@H](c3ccc(CO)cc3)O2)c1. The number of hydrogen-bond donors (Lipinski definition) is 3. The molecule has 0 saturated carbocycles. The largest absolute Gasteiger partial charge is 0.392 e. The Bertz CT molecular complexity index is 1230. The van der Waals surface area contributed by atoms with Crippen LogP contribution in [-0.4, -0.2) is 45.3 Å². The highest BCUT2D eigenvalue weighted by atomic mass is 32.2. The summed E-state index contributed by atoms with van der Waals surface area (Å²) < 4.78 is 12.8. The van der Waals surface area contributed by atoms with Crippen molar-refractivity contribution in [1.82, 2.24) is 15.3 Å². The molecule has 0 spiro atoms. The molecule has 1 aliphatic heterocycles. The number of carbonyl (C=O) groups excluding carboxylic acids is 2. The van der Waals surface area contributed by atoms with E-state index >= 15 is 0 Å². The standard InChI is InChI=1S/C30H36N4O5S/c1-21(36)31-14-4-2-3-9-28(37)34-25-8-5-7-24(17-25)29-38-26(20-40-30-32-15-6-16-33-30)18-27(39-29)23-12-10-22(19-35)11-13-23/h5-8,10-13,15-17,26-27,29,35H,2-4,9,14,18-20H2,1H3,(H,31,36)(H,34,37)/t26-,27+,29+/m1/s1. The summed E-state index contributed by atoms with van der Waals surface area (Å²) in [7, 11) is 0. The summed E-state index contributed by atoms with van der Waals surface area (Å²) in [5.41, 5.74) is 3.36. The Hall–Kier alpha value is -3.31. The van der Waals surface area contributed by atoms with Gasteiger partial charge >= 0.3 is 0 Å². The first-order valence-corrected chi connectivity index (χ1v) is 14.5. The minimum atomic E-state index is -0.621. The summed E-state index contributed by atoms with van der Waals surface area (Å²) in [6.07, 6.45) is 6.03. The van der Waals surface area contributed by atoms with Crippen molar-refractivity contribution in [3.05, 3.63) is 83.7 Å². The molecule has 212 valence electrons. The Balaban J connectivity index is 1.39. The summed E-state index contributed by atoms with van der Waals surface area (Å²) >= 11 is 1.54. The van der Waals surface area contributed by atoms with Crippen LogP contribution in [0.25, 0.3) is 0 Å². The van der Waals surface area contributed by atoms with E-state index in [1.54, 1.807) is 18.5 Å². The Labute approximate surface area is 239 Å². The van der Waals surface area contributed by atoms with Gasteiger partial charge in [0, 0.05) is 55.7 Å². The topological polar surface area (TPSA) is 123 Å². The number of anilines is 1. The van der Waals surface area contributed by atoms with E-state index in [0.717, 1.165) is 36.0 Å². The van der Waals surface area contributed by atoms with Crippen molar-refractivity contribution < 1.29 is 24.2 Å². The van der Waals surface area contributed by atoms with E-state index in [1.807, 2.05) is 48.5 Å². The van der Waals surface area contributed by atoms with Gasteiger partial charge in [0.15, 0.2) is 11.4 Å². The van der Waals surface area contributed by atoms with Crippen LogP contribution in [0.1, 0.15) is 68.1 Å². The summed E-state index contributed by atoms with van der Waals surface area (Å²) in [5.74, 6) is 0.568. The molecule has 3 N–H and O–H groups in total. The van der Waals surface area contributed by atoms with Crippen LogP contribution in [0.5, 0.6) is 0 Å². The molecule has 1 aromatic heterocycles. The fraction of sp³-hybridized carbons (Fsp3) is 0.400. The van der Waals surface area contributed by atoms with Crippen molar-refractivity contribution in [3.8, 4) is 0 Å². The molecule has 40 heavy (non-hydrogen) atoms. The smallest absolute Gasteiger partial charge is 0.224 e. The number of aromatic nitrogens is 2. The third-order valence-corrected chi connectivity index (χ3v) is 7.46. The highest BCUT2D eigenvalue weighted by Crippen LogP contribution is 2.39. The molecule has 10 heteroatoms. The monoisotopic (exact) mass is 564 g/mol. The third-order valence-electron chi connectivity index (χ3n) is 6.45. The molecule has 2 aromatic carbocycles. The van der Waals surface area contributed by atoms with Gasteiger partial charge in [-0.05, 0) is 42.2 Å². The average Bonchev–Trinajstić information content (AvgIpc) is 2.98. The lowest BCUT2D eigenvalue weighted by Gasteiger charge is -2.36. The fourth-order valence-electron chi connectivity index (χ4n) is 4.39. The molecule has 1 fully saturated rings. The number of nitrogens with zero attached hydrogens (tertiary/aromatic N) is 2. The van der Waals surface area contributed by atoms with Crippen LogP contribution in [0.2, 0.25) is 0 Å². The number of hydrogen-bond acceptors (Lipinski definition) is 8.